The Balaban J connectivity index is 0.583. The summed E-state index contributed by atoms with van der Waals surface area (Å²) in [5, 5.41) is 0. The normalized spacial score (nSPS) is 28.6. The first-order valence-corrected chi connectivity index (χ1v) is 32.9. The lowest BCUT2D eigenvalue weighted by molar-refractivity contribution is -0.119. The van der Waals surface area contributed by atoms with Crippen LogP contribution in [0.4, 0.5) is 0 Å². The zero-order chi connectivity index (χ0) is 53.9. The number of carbonyl (C=O) groups is 1. The summed E-state index contributed by atoms with van der Waals surface area (Å²) in [4.78, 5) is 13.6. The summed E-state index contributed by atoms with van der Waals surface area (Å²) in [7, 11) is 0. The molecule has 8 aliphatic rings. The van der Waals surface area contributed by atoms with E-state index < -0.39 is 0 Å². The van der Waals surface area contributed by atoms with Crippen LogP contribution in [0.5, 0.6) is 0 Å². The number of allylic oxidation sites excluding steroid dienone is 4. The first-order valence-electron chi connectivity index (χ1n) is 32.9. The number of aryl methyl sites for hydroxylation is 6. The van der Waals surface area contributed by atoms with Crippen LogP contribution in [0.1, 0.15) is 239 Å². The van der Waals surface area contributed by atoms with Gasteiger partial charge < -0.3 is 0 Å². The summed E-state index contributed by atoms with van der Waals surface area (Å²) in [6.45, 7) is 14.8. The molecule has 0 saturated heterocycles. The SMILES string of the molecule is Cc1cccc(-c2ccc3c(c2)C(CCc2ccc(CCCCCCCCCC(=O)CCc4cc(C)cc(C5c6cc7c(cc6CC6CC8CC(C)(C)C9CC(C)CC9C8CC65)CCC5=C7CC=C5)c4C)cc2)C2CCC3C2)c1. The number of hydrogen-bond donors (Lipinski definition) is 0. The quantitative estimate of drug-likeness (QED) is 0.0800. The summed E-state index contributed by atoms with van der Waals surface area (Å²) >= 11 is 0. The fraction of sp³-hybridized carbons (Fsp3) is 0.551. The molecule has 5 aromatic carbocycles. The van der Waals surface area contributed by atoms with Gasteiger partial charge in [-0.3, -0.25) is 4.79 Å². The van der Waals surface area contributed by atoms with Crippen LogP contribution in [0.2, 0.25) is 0 Å². The molecule has 414 valence electrons. The molecule has 11 unspecified atom stereocenters. The zero-order valence-corrected chi connectivity index (χ0v) is 49.8. The van der Waals surface area contributed by atoms with Gasteiger partial charge in [0, 0.05) is 18.8 Å². The maximum absolute atomic E-state index is 13.6. The van der Waals surface area contributed by atoms with Crippen LogP contribution in [0, 0.1) is 73.5 Å². The van der Waals surface area contributed by atoms with Crippen molar-refractivity contribution in [3.05, 3.63) is 181 Å². The minimum Gasteiger partial charge on any atom is -0.300 e. The van der Waals surface area contributed by atoms with Crippen molar-refractivity contribution < 1.29 is 4.79 Å². The minimum absolute atomic E-state index is 0.448. The average Bonchev–Trinajstić information content (AvgIpc) is 4.37. The highest BCUT2D eigenvalue weighted by Crippen LogP contribution is 2.65. The van der Waals surface area contributed by atoms with Crippen molar-refractivity contribution in [1.29, 1.82) is 0 Å². The zero-order valence-electron chi connectivity index (χ0n) is 49.8. The molecule has 0 spiro atoms. The standard InChI is InChI=1S/C78H96O/c1-49-16-14-19-57(36-49)58-32-35-68-60-30-29-59(41-60)67(74(68)45-58)34-26-54-24-22-53(23-25-54)17-12-10-8-7-9-11-13-20-65(79)33-31-56-37-50(2)38-69(52(56)4)77-72-46-70-61(28-27-55-18-15-21-66(55)70)42-62(72)43-63-44-64-48-78(5,6)76-40-51(3)39-75(76)71(64)47-73(63)77/h14-16,18-19,22-25,32,35-38,42,45-46,51,59-60,63-64,67,71,73,75-77H,7-13,17,20-21,26-31,33-34,39-41,43-44,47-48H2,1-6H3. The van der Waals surface area contributed by atoms with Crippen LogP contribution in [-0.4, -0.2) is 5.78 Å². The van der Waals surface area contributed by atoms with Crippen molar-refractivity contribution in [2.24, 2.45) is 52.8 Å². The van der Waals surface area contributed by atoms with E-state index in [1.54, 1.807) is 50.1 Å². The molecule has 8 aliphatic carbocycles. The molecule has 1 nitrogen and oxygen atoms in total. The van der Waals surface area contributed by atoms with Crippen LogP contribution in [0.3, 0.4) is 0 Å². The monoisotopic (exact) mass is 1050 g/mol. The molecule has 2 bridgehead atoms. The fourth-order valence-corrected chi connectivity index (χ4v) is 19.5. The number of Topliss-reactive ketones (excluding diaryl/α,β-unsaturated/α-hetero) is 1. The highest BCUT2D eigenvalue weighted by Gasteiger charge is 2.56. The summed E-state index contributed by atoms with van der Waals surface area (Å²) < 4.78 is 0. The Labute approximate surface area is 478 Å². The number of benzene rings is 5. The smallest absolute Gasteiger partial charge is 0.133 e. The summed E-state index contributed by atoms with van der Waals surface area (Å²) in [6, 6.07) is 36.7. The molecule has 79 heavy (non-hydrogen) atoms. The van der Waals surface area contributed by atoms with Gasteiger partial charge in [-0.2, -0.15) is 0 Å². The van der Waals surface area contributed by atoms with Gasteiger partial charge in [-0.15, -0.1) is 0 Å². The van der Waals surface area contributed by atoms with E-state index in [1.165, 1.54) is 173 Å². The largest absolute Gasteiger partial charge is 0.300 e. The highest BCUT2D eigenvalue weighted by atomic mass is 16.1. The van der Waals surface area contributed by atoms with Gasteiger partial charge in [0.1, 0.15) is 5.78 Å². The molecule has 0 N–H and O–H groups in total. The second-order valence-corrected chi connectivity index (χ2v) is 29.0. The van der Waals surface area contributed by atoms with E-state index in [1.807, 2.05) is 0 Å². The summed E-state index contributed by atoms with van der Waals surface area (Å²) in [5.41, 5.74) is 26.5. The lowest BCUT2D eigenvalue weighted by Gasteiger charge is -2.57. The third-order valence-electron chi connectivity index (χ3n) is 23.4. The first kappa shape index (κ1) is 53.6. The van der Waals surface area contributed by atoms with Crippen LogP contribution in [0.25, 0.3) is 16.7 Å². The van der Waals surface area contributed by atoms with Gasteiger partial charge in [-0.25, -0.2) is 0 Å². The Morgan fingerprint density at radius 1 is 0.595 bits per heavy atom. The van der Waals surface area contributed by atoms with Gasteiger partial charge >= 0.3 is 0 Å². The molecular weight excluding hydrogens is 953 g/mol. The molecule has 4 saturated carbocycles. The molecule has 4 fully saturated rings. The predicted octanol–water partition coefficient (Wildman–Crippen LogP) is 20.5. The number of carbonyl (C=O) groups excluding carboxylic acids is 1. The second kappa shape index (κ2) is 22.5. The Kier molecular flexibility index (Phi) is 15.3. The Bertz CT molecular complexity index is 3120. The van der Waals surface area contributed by atoms with E-state index in [4.69, 9.17) is 0 Å². The van der Waals surface area contributed by atoms with Gasteiger partial charge in [-0.05, 0) is 284 Å². The maximum atomic E-state index is 13.6. The Morgan fingerprint density at radius 3 is 2.23 bits per heavy atom. The topological polar surface area (TPSA) is 17.1 Å². The van der Waals surface area contributed by atoms with E-state index in [0.29, 0.717) is 35.4 Å². The predicted molar refractivity (Wildman–Crippen MR) is 332 cm³/mol. The van der Waals surface area contributed by atoms with Crippen molar-refractivity contribution in [3.63, 3.8) is 0 Å². The van der Waals surface area contributed by atoms with Gasteiger partial charge in [-0.1, -0.05) is 167 Å². The molecule has 0 aliphatic heterocycles. The summed E-state index contributed by atoms with van der Waals surface area (Å²) in [6.07, 6.45) is 35.6. The van der Waals surface area contributed by atoms with E-state index >= 15 is 0 Å². The Morgan fingerprint density at radius 2 is 1.39 bits per heavy atom. The van der Waals surface area contributed by atoms with E-state index in [0.717, 1.165) is 73.0 Å². The molecule has 0 amide bonds. The van der Waals surface area contributed by atoms with Crippen molar-refractivity contribution in [2.45, 2.75) is 220 Å². The Hall–Kier alpha value is -4.75. The third kappa shape index (κ3) is 10.8. The van der Waals surface area contributed by atoms with Gasteiger partial charge in [0.2, 0.25) is 0 Å². The molecule has 0 aromatic heterocycles. The van der Waals surface area contributed by atoms with Crippen LogP contribution in [-0.2, 0) is 36.9 Å². The fourth-order valence-electron chi connectivity index (χ4n) is 19.5. The summed E-state index contributed by atoms with van der Waals surface area (Å²) in [5.74, 6) is 9.13. The lowest BCUT2D eigenvalue weighted by Crippen LogP contribution is -2.49. The van der Waals surface area contributed by atoms with Gasteiger partial charge in [0.25, 0.3) is 0 Å². The third-order valence-corrected chi connectivity index (χ3v) is 23.4. The van der Waals surface area contributed by atoms with Gasteiger partial charge in [0.15, 0.2) is 0 Å². The van der Waals surface area contributed by atoms with Crippen molar-refractivity contribution in [2.75, 3.05) is 0 Å². The van der Waals surface area contributed by atoms with Crippen LogP contribution in [0.15, 0.2) is 109 Å². The highest BCUT2D eigenvalue weighted by molar-refractivity contribution is 5.80. The maximum Gasteiger partial charge on any atom is 0.133 e. The number of fused-ring (bicyclic) bond motifs is 11. The van der Waals surface area contributed by atoms with Crippen molar-refractivity contribution in [3.8, 4) is 11.1 Å². The molecule has 1 heteroatoms. The molecule has 0 radical (unpaired) electrons. The first-order chi connectivity index (χ1) is 38.4. The molecule has 5 aromatic rings. The van der Waals surface area contributed by atoms with Crippen LogP contribution < -0.4 is 0 Å². The molecule has 0 heterocycles. The van der Waals surface area contributed by atoms with Crippen molar-refractivity contribution >= 4 is 11.4 Å². The molecule has 13 rings (SSSR count). The average molecular weight is 1050 g/mol. The minimum atomic E-state index is 0.448. The van der Waals surface area contributed by atoms with Crippen LogP contribution >= 0.6 is 0 Å². The lowest BCUT2D eigenvalue weighted by atomic mass is 9.48. The van der Waals surface area contributed by atoms with E-state index in [9.17, 15) is 4.79 Å². The van der Waals surface area contributed by atoms with E-state index in [-0.39, 0.29) is 0 Å². The van der Waals surface area contributed by atoms with E-state index in [2.05, 4.69) is 145 Å². The number of unbranched alkanes of at least 4 members (excludes halogenated alkanes) is 6. The number of hydrogen-bond acceptors (Lipinski definition) is 1. The molecule has 11 atom stereocenters. The number of ketones is 1. The molecular formula is C78H96O. The van der Waals surface area contributed by atoms with Crippen molar-refractivity contribution in [1.82, 2.24) is 0 Å². The number of rotatable bonds is 18. The van der Waals surface area contributed by atoms with Gasteiger partial charge in [0.05, 0.1) is 0 Å². The second-order valence-electron chi connectivity index (χ2n) is 29.0.